The van der Waals surface area contributed by atoms with Crippen LogP contribution in [0.2, 0.25) is 5.15 Å². The van der Waals surface area contributed by atoms with Crippen LogP contribution >= 0.6 is 11.6 Å². The molecule has 0 fully saturated rings. The Morgan fingerprint density at radius 1 is 1.32 bits per heavy atom. The molecule has 1 aromatic carbocycles. The van der Waals surface area contributed by atoms with Crippen LogP contribution in [-0.2, 0) is 0 Å². The maximum atomic E-state index is 9.43. The third-order valence-corrected chi connectivity index (χ3v) is 3.57. The van der Waals surface area contributed by atoms with Gasteiger partial charge in [0.15, 0.2) is 5.65 Å². The number of imidazole rings is 1. The second-order valence-electron chi connectivity index (χ2n) is 4.82. The molecule has 19 heavy (non-hydrogen) atoms. The van der Waals surface area contributed by atoms with E-state index in [1.54, 1.807) is 0 Å². The number of hydrogen-bond acceptors (Lipinski definition) is 2. The van der Waals surface area contributed by atoms with Crippen LogP contribution in [0.1, 0.15) is 30.9 Å². The Labute approximate surface area is 116 Å². The summed E-state index contributed by atoms with van der Waals surface area (Å²) in [7, 11) is 0. The van der Waals surface area contributed by atoms with Gasteiger partial charge < -0.3 is 0 Å². The van der Waals surface area contributed by atoms with E-state index in [0.717, 1.165) is 16.6 Å². The van der Waals surface area contributed by atoms with Crippen molar-refractivity contribution < 1.29 is 0 Å². The third-order valence-electron chi connectivity index (χ3n) is 3.30. The number of nitrogens with zero attached hydrogens (tertiary/aromatic N) is 3. The van der Waals surface area contributed by atoms with E-state index < -0.39 is 0 Å². The maximum absolute atomic E-state index is 9.43. The van der Waals surface area contributed by atoms with E-state index in [9.17, 15) is 5.26 Å². The number of nitriles is 1. The normalized spacial score (nSPS) is 11.3. The van der Waals surface area contributed by atoms with Gasteiger partial charge in [0.25, 0.3) is 0 Å². The summed E-state index contributed by atoms with van der Waals surface area (Å²) in [6, 6.07) is 11.9. The Kier molecular flexibility index (Phi) is 2.69. The smallest absolute Gasteiger partial charge is 0.157 e. The van der Waals surface area contributed by atoms with Crippen LogP contribution in [0.15, 0.2) is 30.3 Å². The minimum atomic E-state index is 0.233. The van der Waals surface area contributed by atoms with E-state index in [1.807, 2.05) is 48.6 Å². The van der Waals surface area contributed by atoms with Crippen LogP contribution < -0.4 is 0 Å². The fourth-order valence-electron chi connectivity index (χ4n) is 2.37. The van der Waals surface area contributed by atoms with Gasteiger partial charge in [-0.2, -0.15) is 5.26 Å². The van der Waals surface area contributed by atoms with Crippen molar-refractivity contribution in [1.29, 1.82) is 5.26 Å². The van der Waals surface area contributed by atoms with Crippen LogP contribution in [0.4, 0.5) is 0 Å². The molecule has 0 spiro atoms. The van der Waals surface area contributed by atoms with Crippen molar-refractivity contribution in [2.45, 2.75) is 19.8 Å². The molecular weight excluding hydrogens is 258 g/mol. The summed E-state index contributed by atoms with van der Waals surface area (Å²) in [5.41, 5.74) is 3.96. The summed E-state index contributed by atoms with van der Waals surface area (Å²) in [4.78, 5) is 4.55. The van der Waals surface area contributed by atoms with Crippen LogP contribution in [0, 0.1) is 11.3 Å². The molecule has 4 heteroatoms. The SMILES string of the molecule is CC(C)c1cc(Cl)n2c(nc3ccccc32)c1C#N. The lowest BCUT2D eigenvalue weighted by atomic mass is 9.99. The predicted octanol–water partition coefficient (Wildman–Crippen LogP) is 4.14. The van der Waals surface area contributed by atoms with Gasteiger partial charge in [0.1, 0.15) is 11.2 Å². The van der Waals surface area contributed by atoms with Crippen molar-refractivity contribution in [2.75, 3.05) is 0 Å². The van der Waals surface area contributed by atoms with Crippen LogP contribution in [0.3, 0.4) is 0 Å². The molecule has 0 aliphatic heterocycles. The third kappa shape index (κ3) is 1.68. The number of halogens is 1. The standard InChI is InChI=1S/C15H12ClN3/c1-9(2)10-7-14(16)19-13-6-4-3-5-12(13)18-15(19)11(10)8-17/h3-7,9H,1-2H3. The quantitative estimate of drug-likeness (QED) is 0.623. The topological polar surface area (TPSA) is 41.1 Å². The molecule has 94 valence electrons. The minimum absolute atomic E-state index is 0.233. The molecule has 0 saturated heterocycles. The molecule has 0 aliphatic carbocycles. The Morgan fingerprint density at radius 2 is 2.05 bits per heavy atom. The van der Waals surface area contributed by atoms with Crippen molar-refractivity contribution in [3.8, 4) is 6.07 Å². The zero-order valence-electron chi connectivity index (χ0n) is 10.7. The lowest BCUT2D eigenvalue weighted by Gasteiger charge is -2.10. The van der Waals surface area contributed by atoms with Gasteiger partial charge in [0, 0.05) is 0 Å². The molecule has 3 rings (SSSR count). The summed E-state index contributed by atoms with van der Waals surface area (Å²) in [5.74, 6) is 0.233. The van der Waals surface area contributed by atoms with E-state index in [1.165, 1.54) is 0 Å². The van der Waals surface area contributed by atoms with Gasteiger partial charge in [-0.1, -0.05) is 37.6 Å². The first-order valence-electron chi connectivity index (χ1n) is 6.13. The molecule has 3 aromatic rings. The highest BCUT2D eigenvalue weighted by atomic mass is 35.5. The molecule has 0 radical (unpaired) electrons. The number of rotatable bonds is 1. The molecule has 0 saturated carbocycles. The second kappa shape index (κ2) is 4.25. The van der Waals surface area contributed by atoms with Crippen LogP contribution in [0.5, 0.6) is 0 Å². The molecule has 3 nitrogen and oxygen atoms in total. The van der Waals surface area contributed by atoms with Gasteiger partial charge >= 0.3 is 0 Å². The summed E-state index contributed by atoms with van der Waals surface area (Å²) in [6.45, 7) is 4.09. The highest BCUT2D eigenvalue weighted by Crippen LogP contribution is 2.30. The molecule has 2 aromatic heterocycles. The summed E-state index contributed by atoms with van der Waals surface area (Å²) >= 11 is 6.37. The molecule has 2 heterocycles. The highest BCUT2D eigenvalue weighted by Gasteiger charge is 2.17. The average molecular weight is 270 g/mol. The zero-order chi connectivity index (χ0) is 13.6. The predicted molar refractivity (Wildman–Crippen MR) is 76.5 cm³/mol. The van der Waals surface area contributed by atoms with E-state index in [-0.39, 0.29) is 5.92 Å². The van der Waals surface area contributed by atoms with E-state index in [4.69, 9.17) is 11.6 Å². The van der Waals surface area contributed by atoms with Gasteiger partial charge in [-0.15, -0.1) is 0 Å². The van der Waals surface area contributed by atoms with Crippen molar-refractivity contribution in [2.24, 2.45) is 0 Å². The summed E-state index contributed by atoms with van der Waals surface area (Å²) in [5, 5.41) is 10.0. The number of hydrogen-bond donors (Lipinski definition) is 0. The Morgan fingerprint density at radius 3 is 2.74 bits per heavy atom. The van der Waals surface area contributed by atoms with E-state index in [0.29, 0.717) is 16.4 Å². The lowest BCUT2D eigenvalue weighted by molar-refractivity contribution is 0.859. The van der Waals surface area contributed by atoms with Gasteiger partial charge in [0.05, 0.1) is 16.6 Å². The molecule has 0 N–H and O–H groups in total. The molecule has 0 bridgehead atoms. The molecule has 0 atom stereocenters. The fraction of sp³-hybridized carbons (Fsp3) is 0.200. The fourth-order valence-corrected chi connectivity index (χ4v) is 2.66. The molecular formula is C15H12ClN3. The number of fused-ring (bicyclic) bond motifs is 3. The molecule has 0 aliphatic rings. The number of aromatic nitrogens is 2. The van der Waals surface area contributed by atoms with Gasteiger partial charge in [-0.25, -0.2) is 4.98 Å². The van der Waals surface area contributed by atoms with Gasteiger partial charge in [-0.3, -0.25) is 4.40 Å². The van der Waals surface area contributed by atoms with E-state index in [2.05, 4.69) is 11.1 Å². The zero-order valence-corrected chi connectivity index (χ0v) is 11.4. The Hall–Kier alpha value is -2.05. The van der Waals surface area contributed by atoms with Gasteiger partial charge in [0.2, 0.25) is 0 Å². The van der Waals surface area contributed by atoms with Crippen molar-refractivity contribution in [1.82, 2.24) is 9.38 Å². The molecule has 0 amide bonds. The maximum Gasteiger partial charge on any atom is 0.157 e. The largest absolute Gasteiger partial charge is 0.282 e. The van der Waals surface area contributed by atoms with Crippen LogP contribution in [-0.4, -0.2) is 9.38 Å². The van der Waals surface area contributed by atoms with Crippen LogP contribution in [0.25, 0.3) is 16.7 Å². The highest BCUT2D eigenvalue weighted by molar-refractivity contribution is 6.30. The number of pyridine rings is 1. The first kappa shape index (κ1) is 12.0. The number of benzene rings is 1. The Balaban J connectivity index is 2.56. The summed E-state index contributed by atoms with van der Waals surface area (Å²) < 4.78 is 1.83. The summed E-state index contributed by atoms with van der Waals surface area (Å²) in [6.07, 6.45) is 0. The average Bonchev–Trinajstić information content (AvgIpc) is 2.78. The minimum Gasteiger partial charge on any atom is -0.282 e. The lowest BCUT2D eigenvalue weighted by Crippen LogP contribution is -1.99. The first-order chi connectivity index (χ1) is 9.13. The second-order valence-corrected chi connectivity index (χ2v) is 5.21. The van der Waals surface area contributed by atoms with E-state index >= 15 is 0 Å². The monoisotopic (exact) mass is 269 g/mol. The van der Waals surface area contributed by atoms with Gasteiger partial charge in [-0.05, 0) is 29.7 Å². The molecule has 0 unspecified atom stereocenters. The number of para-hydroxylation sites is 2. The van der Waals surface area contributed by atoms with Crippen molar-refractivity contribution in [3.05, 3.63) is 46.6 Å². The van der Waals surface area contributed by atoms with Crippen molar-refractivity contribution >= 4 is 28.3 Å². The first-order valence-corrected chi connectivity index (χ1v) is 6.51. The Bertz CT molecular complexity index is 825. The van der Waals surface area contributed by atoms with Crippen molar-refractivity contribution in [3.63, 3.8) is 0 Å².